The van der Waals surface area contributed by atoms with Crippen molar-refractivity contribution < 1.29 is 9.59 Å². The smallest absolute Gasteiger partial charge is 0.221 e. The van der Waals surface area contributed by atoms with Crippen molar-refractivity contribution in [2.45, 2.75) is 26.7 Å². The molecular formula is C8H12Cl2O2. The van der Waals surface area contributed by atoms with Crippen LogP contribution in [0.3, 0.4) is 0 Å². The molecular weight excluding hydrogens is 199 g/mol. The quantitative estimate of drug-likeness (QED) is 0.655. The van der Waals surface area contributed by atoms with E-state index in [0.29, 0.717) is 0 Å². The zero-order valence-electron chi connectivity index (χ0n) is 7.14. The average Bonchev–Trinajstić information content (AvgIpc) is 1.83. The van der Waals surface area contributed by atoms with Crippen LogP contribution in [0.25, 0.3) is 0 Å². The Kier molecular flexibility index (Phi) is 5.51. The number of hydrogen-bond acceptors (Lipinski definition) is 2. The Morgan fingerprint density at radius 1 is 1.08 bits per heavy atom. The molecule has 0 radical (unpaired) electrons. The Morgan fingerprint density at radius 3 is 1.58 bits per heavy atom. The highest BCUT2D eigenvalue weighted by Crippen LogP contribution is 2.21. The van der Waals surface area contributed by atoms with E-state index >= 15 is 0 Å². The van der Waals surface area contributed by atoms with Crippen molar-refractivity contribution in [1.29, 1.82) is 0 Å². The molecule has 70 valence electrons. The van der Waals surface area contributed by atoms with Gasteiger partial charge in [-0.1, -0.05) is 13.8 Å². The van der Waals surface area contributed by atoms with Crippen LogP contribution in [0.1, 0.15) is 26.7 Å². The molecule has 0 aliphatic rings. The van der Waals surface area contributed by atoms with Gasteiger partial charge in [0.05, 0.1) is 0 Å². The average molecular weight is 211 g/mol. The highest BCUT2D eigenvalue weighted by Gasteiger charge is 2.18. The van der Waals surface area contributed by atoms with Crippen LogP contribution in [0.15, 0.2) is 0 Å². The molecule has 0 aliphatic heterocycles. The van der Waals surface area contributed by atoms with Gasteiger partial charge in [0.25, 0.3) is 0 Å². The molecule has 2 nitrogen and oxygen atoms in total. The molecule has 0 N–H and O–H groups in total. The fourth-order valence-electron chi connectivity index (χ4n) is 0.956. The molecule has 0 bridgehead atoms. The normalized spacial score (nSPS) is 10.8. The van der Waals surface area contributed by atoms with Crippen LogP contribution in [-0.4, -0.2) is 10.5 Å². The van der Waals surface area contributed by atoms with Crippen LogP contribution in [0.5, 0.6) is 0 Å². The Labute approximate surface area is 82.2 Å². The molecule has 0 saturated heterocycles. The van der Waals surface area contributed by atoms with E-state index in [9.17, 15) is 9.59 Å². The topological polar surface area (TPSA) is 34.1 Å². The van der Waals surface area contributed by atoms with Crippen molar-refractivity contribution in [3.63, 3.8) is 0 Å². The summed E-state index contributed by atoms with van der Waals surface area (Å²) in [6.07, 6.45) is 0.440. The van der Waals surface area contributed by atoms with Crippen molar-refractivity contribution in [2.75, 3.05) is 0 Å². The molecule has 0 atom stereocenters. The number of hydrogen-bond donors (Lipinski definition) is 0. The molecule has 0 rings (SSSR count). The Hall–Kier alpha value is -0.0800. The largest absolute Gasteiger partial charge is 0.281 e. The summed E-state index contributed by atoms with van der Waals surface area (Å²) in [4.78, 5) is 21.1. The van der Waals surface area contributed by atoms with E-state index in [4.69, 9.17) is 23.2 Å². The van der Waals surface area contributed by atoms with Gasteiger partial charge in [-0.3, -0.25) is 9.59 Å². The fourth-order valence-corrected chi connectivity index (χ4v) is 1.35. The maximum atomic E-state index is 10.6. The van der Waals surface area contributed by atoms with E-state index in [0.717, 1.165) is 0 Å². The van der Waals surface area contributed by atoms with Crippen LogP contribution in [-0.2, 0) is 9.59 Å². The predicted molar refractivity (Wildman–Crippen MR) is 49.3 cm³/mol. The summed E-state index contributed by atoms with van der Waals surface area (Å²) >= 11 is 10.4. The van der Waals surface area contributed by atoms with E-state index < -0.39 is 10.5 Å². The minimum absolute atomic E-state index is 0.0278. The molecule has 0 amide bonds. The summed E-state index contributed by atoms with van der Waals surface area (Å²) in [5.74, 6) is 0.218. The number of rotatable bonds is 5. The summed E-state index contributed by atoms with van der Waals surface area (Å²) in [6, 6.07) is 0. The minimum Gasteiger partial charge on any atom is -0.281 e. The highest BCUT2D eigenvalue weighted by atomic mass is 35.5. The molecule has 0 saturated carbocycles. The Balaban J connectivity index is 4.04. The third-order valence-corrected chi connectivity index (χ3v) is 2.10. The van der Waals surface area contributed by atoms with Crippen LogP contribution >= 0.6 is 23.2 Å². The molecule has 0 aromatic heterocycles. The molecule has 0 aromatic rings. The molecule has 0 aliphatic carbocycles. The summed E-state index contributed by atoms with van der Waals surface area (Å²) < 4.78 is 0. The van der Waals surface area contributed by atoms with E-state index in [1.807, 2.05) is 13.8 Å². The first kappa shape index (κ1) is 11.9. The van der Waals surface area contributed by atoms with Crippen molar-refractivity contribution >= 4 is 33.7 Å². The van der Waals surface area contributed by atoms with Gasteiger partial charge in [0.2, 0.25) is 10.5 Å². The number of carbonyl (C=O) groups is 2. The Morgan fingerprint density at radius 2 is 1.42 bits per heavy atom. The first-order valence-electron chi connectivity index (χ1n) is 3.80. The fraction of sp³-hybridized carbons (Fsp3) is 0.750. The van der Waals surface area contributed by atoms with Crippen LogP contribution < -0.4 is 0 Å². The molecule has 0 heterocycles. The van der Waals surface area contributed by atoms with Gasteiger partial charge in [-0.2, -0.15) is 0 Å². The van der Waals surface area contributed by atoms with E-state index in [-0.39, 0.29) is 24.7 Å². The molecule has 0 aromatic carbocycles. The third-order valence-electron chi connectivity index (χ3n) is 1.79. The zero-order valence-corrected chi connectivity index (χ0v) is 8.65. The minimum atomic E-state index is -0.411. The zero-order chi connectivity index (χ0) is 9.72. The molecule has 0 fully saturated rings. The van der Waals surface area contributed by atoms with Crippen LogP contribution in [0, 0.1) is 11.8 Å². The van der Waals surface area contributed by atoms with Gasteiger partial charge in [-0.25, -0.2) is 0 Å². The first-order chi connectivity index (χ1) is 5.43. The van der Waals surface area contributed by atoms with Gasteiger partial charge in [-0.15, -0.1) is 0 Å². The SMILES string of the molecule is CC(C)C(CC(=O)Cl)CC(=O)Cl. The maximum Gasteiger partial charge on any atom is 0.221 e. The molecule has 4 heteroatoms. The highest BCUT2D eigenvalue weighted by molar-refractivity contribution is 6.64. The second kappa shape index (κ2) is 5.55. The van der Waals surface area contributed by atoms with Crippen LogP contribution in [0.2, 0.25) is 0 Å². The number of halogens is 2. The molecule has 12 heavy (non-hydrogen) atoms. The standard InChI is InChI=1S/C8H12Cl2O2/c1-5(2)6(3-7(9)11)4-8(10)12/h5-6H,3-4H2,1-2H3. The van der Waals surface area contributed by atoms with Gasteiger partial charge in [-0.05, 0) is 35.0 Å². The van der Waals surface area contributed by atoms with Crippen LogP contribution in [0.4, 0.5) is 0 Å². The lowest BCUT2D eigenvalue weighted by Gasteiger charge is -2.16. The van der Waals surface area contributed by atoms with E-state index in [1.54, 1.807) is 0 Å². The second-order valence-electron chi connectivity index (χ2n) is 3.12. The van der Waals surface area contributed by atoms with Crippen molar-refractivity contribution in [2.24, 2.45) is 11.8 Å². The van der Waals surface area contributed by atoms with Crippen molar-refractivity contribution in [1.82, 2.24) is 0 Å². The lowest BCUT2D eigenvalue weighted by Crippen LogP contribution is -2.14. The van der Waals surface area contributed by atoms with Crippen molar-refractivity contribution in [3.8, 4) is 0 Å². The lowest BCUT2D eigenvalue weighted by molar-refractivity contribution is -0.114. The van der Waals surface area contributed by atoms with Gasteiger partial charge >= 0.3 is 0 Å². The predicted octanol–water partition coefficient (Wildman–Crippen LogP) is 2.57. The lowest BCUT2D eigenvalue weighted by atomic mass is 9.90. The van der Waals surface area contributed by atoms with E-state index in [2.05, 4.69) is 0 Å². The van der Waals surface area contributed by atoms with Gasteiger partial charge in [0.15, 0.2) is 0 Å². The Bertz CT molecular complexity index is 162. The van der Waals surface area contributed by atoms with Crippen molar-refractivity contribution in [3.05, 3.63) is 0 Å². The summed E-state index contributed by atoms with van der Waals surface area (Å²) in [5, 5.41) is -0.821. The van der Waals surface area contributed by atoms with E-state index in [1.165, 1.54) is 0 Å². The van der Waals surface area contributed by atoms with Gasteiger partial charge in [0, 0.05) is 12.8 Å². The third kappa shape index (κ3) is 5.56. The van der Waals surface area contributed by atoms with Gasteiger partial charge in [0.1, 0.15) is 0 Å². The second-order valence-corrected chi connectivity index (χ2v) is 3.97. The maximum absolute atomic E-state index is 10.6. The summed E-state index contributed by atoms with van der Waals surface area (Å²) in [7, 11) is 0. The van der Waals surface area contributed by atoms with Gasteiger partial charge < -0.3 is 0 Å². The molecule has 0 spiro atoms. The summed E-state index contributed by atoms with van der Waals surface area (Å²) in [6.45, 7) is 3.87. The molecule has 0 unspecified atom stereocenters. The summed E-state index contributed by atoms with van der Waals surface area (Å²) in [5.41, 5.74) is 0. The first-order valence-corrected chi connectivity index (χ1v) is 4.55. The number of carbonyl (C=O) groups excluding carboxylic acids is 2. The monoisotopic (exact) mass is 210 g/mol.